The summed E-state index contributed by atoms with van der Waals surface area (Å²) in [6.07, 6.45) is 51.7. The fourth-order valence-corrected chi connectivity index (χ4v) is 12.4. The predicted octanol–water partition coefficient (Wildman–Crippen LogP) is 20.5. The molecule has 0 aliphatic rings. The monoisotopic (exact) mass is 1320 g/mol. The largest absolute Gasteiger partial charge is 0.472 e. The van der Waals surface area contributed by atoms with Gasteiger partial charge in [-0.2, -0.15) is 0 Å². The molecule has 0 saturated carbocycles. The van der Waals surface area contributed by atoms with Crippen LogP contribution in [0.15, 0.2) is 0 Å². The topological polar surface area (TPSA) is 237 Å². The molecule has 0 aromatic rings. The summed E-state index contributed by atoms with van der Waals surface area (Å²) in [6, 6.07) is 0. The van der Waals surface area contributed by atoms with Crippen LogP contribution in [0.4, 0.5) is 0 Å². The second-order valence-corrected chi connectivity index (χ2v) is 29.0. The maximum absolute atomic E-state index is 13.0. The highest BCUT2D eigenvalue weighted by Gasteiger charge is 2.30. The summed E-state index contributed by atoms with van der Waals surface area (Å²) in [5, 5.41) is 10.6. The summed E-state index contributed by atoms with van der Waals surface area (Å²) in [5.74, 6) is -1.36. The zero-order valence-corrected chi connectivity index (χ0v) is 60.1. The van der Waals surface area contributed by atoms with Gasteiger partial charge < -0.3 is 33.8 Å². The van der Waals surface area contributed by atoms with Crippen LogP contribution < -0.4 is 0 Å². The van der Waals surface area contributed by atoms with Gasteiger partial charge in [0.25, 0.3) is 0 Å². The first kappa shape index (κ1) is 88.1. The zero-order valence-electron chi connectivity index (χ0n) is 58.3. The molecule has 0 heterocycles. The van der Waals surface area contributed by atoms with Crippen molar-refractivity contribution in [2.24, 2.45) is 5.92 Å². The first-order valence-corrected chi connectivity index (χ1v) is 40.1. The minimum atomic E-state index is -4.95. The average molecular weight is 1330 g/mol. The van der Waals surface area contributed by atoms with Crippen molar-refractivity contribution in [2.45, 2.75) is 387 Å². The van der Waals surface area contributed by atoms with Crippen molar-refractivity contribution >= 4 is 39.5 Å². The van der Waals surface area contributed by atoms with E-state index in [2.05, 4.69) is 34.6 Å². The van der Waals surface area contributed by atoms with Crippen molar-refractivity contribution in [3.63, 3.8) is 0 Å². The molecular weight excluding hydrogens is 1190 g/mol. The van der Waals surface area contributed by atoms with Crippen LogP contribution in [0.3, 0.4) is 0 Å². The lowest BCUT2D eigenvalue weighted by atomic mass is 10.0. The van der Waals surface area contributed by atoms with Crippen molar-refractivity contribution in [3.8, 4) is 0 Å². The van der Waals surface area contributed by atoms with E-state index in [0.717, 1.165) is 102 Å². The summed E-state index contributed by atoms with van der Waals surface area (Å²) in [5.41, 5.74) is 0. The number of ether oxygens (including phenoxy) is 4. The van der Waals surface area contributed by atoms with Crippen LogP contribution in [0.1, 0.15) is 369 Å². The van der Waals surface area contributed by atoms with Gasteiger partial charge in [-0.25, -0.2) is 9.13 Å². The van der Waals surface area contributed by atoms with E-state index in [-0.39, 0.29) is 25.7 Å². The Bertz CT molecular complexity index is 1740. The highest BCUT2D eigenvalue weighted by Crippen LogP contribution is 2.45. The Labute approximate surface area is 549 Å². The van der Waals surface area contributed by atoms with E-state index in [0.29, 0.717) is 25.7 Å². The molecule has 0 aromatic heterocycles. The smallest absolute Gasteiger partial charge is 0.462 e. The Morgan fingerprint density at radius 1 is 0.300 bits per heavy atom. The fourth-order valence-electron chi connectivity index (χ4n) is 10.8. The Kier molecular flexibility index (Phi) is 63.0. The molecule has 534 valence electrons. The summed E-state index contributed by atoms with van der Waals surface area (Å²) in [4.78, 5) is 72.3. The second kappa shape index (κ2) is 64.4. The van der Waals surface area contributed by atoms with E-state index in [1.165, 1.54) is 186 Å². The van der Waals surface area contributed by atoms with Crippen LogP contribution >= 0.6 is 15.6 Å². The van der Waals surface area contributed by atoms with Gasteiger partial charge in [-0.05, 0) is 31.6 Å². The number of rotatable bonds is 71. The van der Waals surface area contributed by atoms with E-state index in [1.807, 2.05) is 0 Å². The van der Waals surface area contributed by atoms with Crippen molar-refractivity contribution in [3.05, 3.63) is 0 Å². The van der Waals surface area contributed by atoms with Gasteiger partial charge in [0, 0.05) is 25.7 Å². The van der Waals surface area contributed by atoms with E-state index >= 15 is 0 Å². The number of hydrogen-bond donors (Lipinski definition) is 3. The molecule has 19 heteroatoms. The van der Waals surface area contributed by atoms with Crippen molar-refractivity contribution < 1.29 is 80.2 Å². The number of aliphatic hydroxyl groups is 1. The normalized spacial score (nSPS) is 14.1. The van der Waals surface area contributed by atoms with Gasteiger partial charge in [0.2, 0.25) is 0 Å². The van der Waals surface area contributed by atoms with Gasteiger partial charge in [0.05, 0.1) is 26.4 Å². The van der Waals surface area contributed by atoms with Gasteiger partial charge in [-0.15, -0.1) is 0 Å². The Hall–Kier alpha value is -1.94. The molecule has 0 radical (unpaired) electrons. The molecule has 0 amide bonds. The van der Waals surface area contributed by atoms with Gasteiger partial charge in [0.15, 0.2) is 12.2 Å². The van der Waals surface area contributed by atoms with E-state index in [9.17, 15) is 43.2 Å². The van der Waals surface area contributed by atoms with Crippen molar-refractivity contribution in [1.82, 2.24) is 0 Å². The van der Waals surface area contributed by atoms with Crippen LogP contribution in [-0.4, -0.2) is 96.7 Å². The lowest BCUT2D eigenvalue weighted by Crippen LogP contribution is -2.30. The SMILES string of the molecule is CCCCCCCCCCCCCCCCCCCCCC(=O)O[C@H](COC(=O)CCCCCCCCCCCCCC(C)C)COP(=O)(O)OC[C@@H](O)COP(=O)(O)OC[C@@H](COC(=O)CCCCCCC)OC(=O)CCCCCCCCCCCCCC. The first-order valence-electron chi connectivity index (χ1n) is 37.1. The molecule has 0 aromatic carbocycles. The molecule has 0 saturated heterocycles. The van der Waals surface area contributed by atoms with Gasteiger partial charge >= 0.3 is 39.5 Å². The Morgan fingerprint density at radius 3 is 0.756 bits per heavy atom. The molecule has 17 nitrogen and oxygen atoms in total. The van der Waals surface area contributed by atoms with E-state index < -0.39 is 97.5 Å². The summed E-state index contributed by atoms with van der Waals surface area (Å²) in [6.45, 7) is 7.17. The summed E-state index contributed by atoms with van der Waals surface area (Å²) in [7, 11) is -9.89. The van der Waals surface area contributed by atoms with Gasteiger partial charge in [-0.1, -0.05) is 317 Å². The number of carbonyl (C=O) groups is 4. The summed E-state index contributed by atoms with van der Waals surface area (Å²) >= 11 is 0. The number of esters is 4. The number of carbonyl (C=O) groups excluding carboxylic acids is 4. The molecule has 0 aliphatic carbocycles. The average Bonchev–Trinajstić information content (AvgIpc) is 3.71. The van der Waals surface area contributed by atoms with Crippen LogP contribution in [0, 0.1) is 5.92 Å². The minimum absolute atomic E-state index is 0.107. The number of hydrogen-bond acceptors (Lipinski definition) is 15. The molecule has 2 unspecified atom stereocenters. The molecule has 5 atom stereocenters. The van der Waals surface area contributed by atoms with Crippen LogP contribution in [0.25, 0.3) is 0 Å². The number of phosphoric acid groups is 2. The van der Waals surface area contributed by atoms with Crippen LogP contribution in [0.2, 0.25) is 0 Å². The Morgan fingerprint density at radius 2 is 0.511 bits per heavy atom. The van der Waals surface area contributed by atoms with Crippen molar-refractivity contribution in [2.75, 3.05) is 39.6 Å². The van der Waals surface area contributed by atoms with Crippen LogP contribution in [-0.2, 0) is 65.4 Å². The number of unbranched alkanes of at least 4 members (excludes halogenated alkanes) is 43. The summed E-state index contributed by atoms with van der Waals surface area (Å²) < 4.78 is 68.1. The molecule has 0 bridgehead atoms. The lowest BCUT2D eigenvalue weighted by molar-refractivity contribution is -0.161. The molecule has 0 rings (SSSR count). The lowest BCUT2D eigenvalue weighted by Gasteiger charge is -2.21. The predicted molar refractivity (Wildman–Crippen MR) is 363 cm³/mol. The quantitative estimate of drug-likeness (QED) is 0.0222. The third kappa shape index (κ3) is 64.8. The third-order valence-electron chi connectivity index (χ3n) is 16.5. The van der Waals surface area contributed by atoms with Crippen molar-refractivity contribution in [1.29, 1.82) is 0 Å². The molecule has 0 aliphatic heterocycles. The number of phosphoric ester groups is 2. The number of aliphatic hydroxyl groups excluding tert-OH is 1. The molecule has 0 spiro atoms. The third-order valence-corrected chi connectivity index (χ3v) is 18.4. The molecular formula is C71H138O17P2. The fraction of sp³-hybridized carbons (Fsp3) is 0.944. The first-order chi connectivity index (χ1) is 43.5. The highest BCUT2D eigenvalue weighted by atomic mass is 31.2. The van der Waals surface area contributed by atoms with E-state index in [1.54, 1.807) is 0 Å². The highest BCUT2D eigenvalue weighted by molar-refractivity contribution is 7.47. The maximum Gasteiger partial charge on any atom is 0.472 e. The standard InChI is InChI=1S/C71H138O17P2/c1-6-9-12-15-17-19-21-23-24-25-26-27-28-29-33-38-42-47-52-57-71(76)88-67(61-82-69(74)55-50-45-40-36-34-30-31-35-39-44-48-53-64(4)5)63-86-90(79,80)84-59-65(72)58-83-89(77,78)85-62-66(60-81-68(73)54-49-43-14-11-8-3)87-70(75)56-51-46-41-37-32-22-20-18-16-13-10-7-2/h64-67,72H,6-63H2,1-5H3,(H,77,78)(H,79,80)/t65-,66+,67+/m0/s1. The maximum atomic E-state index is 13.0. The molecule has 90 heavy (non-hydrogen) atoms. The molecule has 3 N–H and O–H groups in total. The minimum Gasteiger partial charge on any atom is -0.462 e. The zero-order chi connectivity index (χ0) is 66.3. The van der Waals surface area contributed by atoms with E-state index in [4.69, 9.17) is 37.0 Å². The Balaban J connectivity index is 5.14. The molecule has 0 fully saturated rings. The van der Waals surface area contributed by atoms with Gasteiger partial charge in [-0.3, -0.25) is 37.3 Å². The van der Waals surface area contributed by atoms with Gasteiger partial charge in [0.1, 0.15) is 19.3 Å². The second-order valence-electron chi connectivity index (χ2n) is 26.1. The van der Waals surface area contributed by atoms with Crippen LogP contribution in [0.5, 0.6) is 0 Å².